The van der Waals surface area contributed by atoms with E-state index in [2.05, 4.69) is 31.2 Å². The van der Waals surface area contributed by atoms with E-state index in [0.717, 1.165) is 41.0 Å². The van der Waals surface area contributed by atoms with Crippen molar-refractivity contribution in [3.05, 3.63) is 94.3 Å². The lowest BCUT2D eigenvalue weighted by atomic mass is 9.98. The molecule has 0 N–H and O–H groups in total. The summed E-state index contributed by atoms with van der Waals surface area (Å²) in [7, 11) is 0. The van der Waals surface area contributed by atoms with E-state index in [4.69, 9.17) is 11.6 Å². The van der Waals surface area contributed by atoms with Gasteiger partial charge in [0.15, 0.2) is 0 Å². The number of benzene rings is 3. The highest BCUT2D eigenvalue weighted by Crippen LogP contribution is 2.24. The van der Waals surface area contributed by atoms with Crippen molar-refractivity contribution < 1.29 is 4.39 Å². The number of hydrogen-bond donors (Lipinski definition) is 0. The summed E-state index contributed by atoms with van der Waals surface area (Å²) in [6.07, 6.45) is 3.71. The van der Waals surface area contributed by atoms with Gasteiger partial charge in [0.1, 0.15) is 5.82 Å². The van der Waals surface area contributed by atoms with Crippen molar-refractivity contribution in [1.29, 1.82) is 0 Å². The van der Waals surface area contributed by atoms with Crippen LogP contribution in [0.15, 0.2) is 66.7 Å². The molecule has 0 aliphatic carbocycles. The van der Waals surface area contributed by atoms with Crippen molar-refractivity contribution in [1.82, 2.24) is 0 Å². The SMILES string of the molecule is CCCc1ccc(-c2ccc(CCc3ccc(Cl)cc3)c(F)c2)cc1. The molecule has 25 heavy (non-hydrogen) atoms. The van der Waals surface area contributed by atoms with Crippen LogP contribution >= 0.6 is 11.6 Å². The molecule has 0 spiro atoms. The Morgan fingerprint density at radius 3 is 1.96 bits per heavy atom. The molecule has 0 saturated carbocycles. The molecule has 3 aromatic rings. The molecule has 0 aliphatic rings. The van der Waals surface area contributed by atoms with Crippen LogP contribution in [0.5, 0.6) is 0 Å². The molecular formula is C23H22ClF. The molecule has 128 valence electrons. The minimum absolute atomic E-state index is 0.135. The van der Waals surface area contributed by atoms with Gasteiger partial charge >= 0.3 is 0 Å². The third-order valence-electron chi connectivity index (χ3n) is 4.48. The summed E-state index contributed by atoms with van der Waals surface area (Å²) in [5.41, 5.74) is 5.23. The van der Waals surface area contributed by atoms with E-state index in [1.807, 2.05) is 36.4 Å². The molecule has 0 bridgehead atoms. The fraction of sp³-hybridized carbons (Fsp3) is 0.217. The highest BCUT2D eigenvalue weighted by Gasteiger charge is 2.06. The van der Waals surface area contributed by atoms with Crippen LogP contribution in [0.2, 0.25) is 5.02 Å². The Labute approximate surface area is 154 Å². The maximum absolute atomic E-state index is 14.5. The Kier molecular flexibility index (Phi) is 5.88. The Bertz CT molecular complexity index is 820. The monoisotopic (exact) mass is 352 g/mol. The molecule has 3 aromatic carbocycles. The smallest absolute Gasteiger partial charge is 0.127 e. The van der Waals surface area contributed by atoms with E-state index in [1.54, 1.807) is 6.07 Å². The van der Waals surface area contributed by atoms with Gasteiger partial charge in [-0.3, -0.25) is 0 Å². The minimum atomic E-state index is -0.135. The Morgan fingerprint density at radius 1 is 0.720 bits per heavy atom. The van der Waals surface area contributed by atoms with E-state index in [0.29, 0.717) is 6.42 Å². The zero-order valence-corrected chi connectivity index (χ0v) is 15.2. The molecule has 0 atom stereocenters. The number of rotatable bonds is 6. The van der Waals surface area contributed by atoms with Gasteiger partial charge in [0, 0.05) is 5.02 Å². The van der Waals surface area contributed by atoms with Crippen LogP contribution in [-0.4, -0.2) is 0 Å². The van der Waals surface area contributed by atoms with Crippen molar-refractivity contribution in [3.63, 3.8) is 0 Å². The first-order valence-corrected chi connectivity index (χ1v) is 9.15. The summed E-state index contributed by atoms with van der Waals surface area (Å²) in [6.45, 7) is 2.17. The number of halogens is 2. The second-order valence-corrected chi connectivity index (χ2v) is 6.82. The lowest BCUT2D eigenvalue weighted by Crippen LogP contribution is -1.95. The normalized spacial score (nSPS) is 10.8. The van der Waals surface area contributed by atoms with E-state index in [-0.39, 0.29) is 5.82 Å². The topological polar surface area (TPSA) is 0 Å². The van der Waals surface area contributed by atoms with Crippen LogP contribution in [0.1, 0.15) is 30.0 Å². The van der Waals surface area contributed by atoms with Crippen LogP contribution in [0, 0.1) is 5.82 Å². The second kappa shape index (κ2) is 8.31. The van der Waals surface area contributed by atoms with E-state index in [1.165, 1.54) is 11.1 Å². The van der Waals surface area contributed by atoms with Crippen LogP contribution < -0.4 is 0 Å². The summed E-state index contributed by atoms with van der Waals surface area (Å²) < 4.78 is 14.5. The summed E-state index contributed by atoms with van der Waals surface area (Å²) in [4.78, 5) is 0. The zero-order chi connectivity index (χ0) is 17.6. The van der Waals surface area contributed by atoms with Gasteiger partial charge in [0.05, 0.1) is 0 Å². The van der Waals surface area contributed by atoms with Crippen molar-refractivity contribution in [2.75, 3.05) is 0 Å². The summed E-state index contributed by atoms with van der Waals surface area (Å²) >= 11 is 5.90. The quantitative estimate of drug-likeness (QED) is 0.453. The third-order valence-corrected chi connectivity index (χ3v) is 4.73. The molecular weight excluding hydrogens is 331 g/mol. The van der Waals surface area contributed by atoms with Gasteiger partial charge < -0.3 is 0 Å². The first kappa shape index (κ1) is 17.7. The fourth-order valence-corrected chi connectivity index (χ4v) is 3.14. The second-order valence-electron chi connectivity index (χ2n) is 6.38. The summed E-state index contributed by atoms with van der Waals surface area (Å²) in [6, 6.07) is 21.7. The molecule has 0 saturated heterocycles. The lowest BCUT2D eigenvalue weighted by Gasteiger charge is -2.08. The van der Waals surface area contributed by atoms with Crippen LogP contribution in [-0.2, 0) is 19.3 Å². The summed E-state index contributed by atoms with van der Waals surface area (Å²) in [5, 5.41) is 0.726. The first-order valence-electron chi connectivity index (χ1n) is 8.78. The Morgan fingerprint density at radius 2 is 1.32 bits per heavy atom. The molecule has 0 aliphatic heterocycles. The zero-order valence-electron chi connectivity index (χ0n) is 14.4. The average Bonchev–Trinajstić information content (AvgIpc) is 2.63. The predicted octanol–water partition coefficient (Wildman–Crippen LogP) is 6.88. The van der Waals surface area contributed by atoms with Gasteiger partial charge in [-0.2, -0.15) is 0 Å². The maximum atomic E-state index is 14.5. The molecule has 0 fully saturated rings. The third kappa shape index (κ3) is 4.70. The van der Waals surface area contributed by atoms with Crippen molar-refractivity contribution >= 4 is 11.6 Å². The fourth-order valence-electron chi connectivity index (χ4n) is 3.01. The maximum Gasteiger partial charge on any atom is 0.127 e. The molecule has 2 heteroatoms. The van der Waals surface area contributed by atoms with E-state index in [9.17, 15) is 4.39 Å². The predicted molar refractivity (Wildman–Crippen MR) is 105 cm³/mol. The van der Waals surface area contributed by atoms with E-state index < -0.39 is 0 Å². The largest absolute Gasteiger partial charge is 0.207 e. The van der Waals surface area contributed by atoms with Crippen molar-refractivity contribution in [2.45, 2.75) is 32.6 Å². The Hall–Kier alpha value is -2.12. The van der Waals surface area contributed by atoms with Gasteiger partial charge in [-0.05, 0) is 65.3 Å². The highest BCUT2D eigenvalue weighted by atomic mass is 35.5. The Balaban J connectivity index is 1.70. The van der Waals surface area contributed by atoms with Gasteiger partial charge in [-0.1, -0.05) is 73.5 Å². The van der Waals surface area contributed by atoms with Gasteiger partial charge in [0.25, 0.3) is 0 Å². The lowest BCUT2D eigenvalue weighted by molar-refractivity contribution is 0.609. The van der Waals surface area contributed by atoms with Crippen molar-refractivity contribution in [3.8, 4) is 11.1 Å². The minimum Gasteiger partial charge on any atom is -0.207 e. The molecule has 0 nitrogen and oxygen atoms in total. The molecule has 0 heterocycles. The molecule has 0 aromatic heterocycles. The molecule has 3 rings (SSSR count). The number of aryl methyl sites for hydroxylation is 3. The molecule has 0 unspecified atom stereocenters. The molecule has 0 radical (unpaired) electrons. The van der Waals surface area contributed by atoms with Gasteiger partial charge in [-0.25, -0.2) is 4.39 Å². The number of hydrogen-bond acceptors (Lipinski definition) is 0. The van der Waals surface area contributed by atoms with Crippen LogP contribution in [0.3, 0.4) is 0 Å². The average molecular weight is 353 g/mol. The molecule has 0 amide bonds. The van der Waals surface area contributed by atoms with Crippen molar-refractivity contribution in [2.24, 2.45) is 0 Å². The first-order chi connectivity index (χ1) is 12.2. The van der Waals surface area contributed by atoms with Gasteiger partial charge in [0.2, 0.25) is 0 Å². The summed E-state index contributed by atoms with van der Waals surface area (Å²) in [5.74, 6) is -0.135. The van der Waals surface area contributed by atoms with E-state index >= 15 is 0 Å². The van der Waals surface area contributed by atoms with Crippen LogP contribution in [0.4, 0.5) is 4.39 Å². The van der Waals surface area contributed by atoms with Crippen LogP contribution in [0.25, 0.3) is 11.1 Å². The van der Waals surface area contributed by atoms with Gasteiger partial charge in [-0.15, -0.1) is 0 Å². The standard InChI is InChI=1S/C23H22ClF/c1-2-3-17-4-9-19(10-5-17)21-13-12-20(23(25)16-21)11-6-18-7-14-22(24)15-8-18/h4-5,7-10,12-16H,2-3,6,11H2,1H3. The highest BCUT2D eigenvalue weighted by molar-refractivity contribution is 6.30.